The van der Waals surface area contributed by atoms with Crippen LogP contribution in [0.2, 0.25) is 5.02 Å². The van der Waals surface area contributed by atoms with Gasteiger partial charge in [-0.2, -0.15) is 0 Å². The molecule has 1 aromatic carbocycles. The van der Waals surface area contributed by atoms with Crippen LogP contribution >= 0.6 is 11.6 Å². The number of nitrogens with zero attached hydrogens (tertiary/aromatic N) is 2. The number of aromatic nitrogens is 2. The fraction of sp³-hybridized carbons (Fsp3) is 0.375. The monoisotopic (exact) mass is 305 g/mol. The summed E-state index contributed by atoms with van der Waals surface area (Å²) in [5, 5.41) is 4.03. The van der Waals surface area contributed by atoms with Crippen LogP contribution in [-0.4, -0.2) is 30.2 Å². The Balaban J connectivity index is 2.04. The van der Waals surface area contributed by atoms with Crippen LogP contribution in [0.3, 0.4) is 0 Å². The Hall–Kier alpha value is -1.49. The van der Waals surface area contributed by atoms with E-state index >= 15 is 0 Å². The van der Waals surface area contributed by atoms with Gasteiger partial charge < -0.3 is 10.1 Å². The lowest BCUT2D eigenvalue weighted by Gasteiger charge is -2.08. The second kappa shape index (κ2) is 8.08. The molecule has 0 aliphatic carbocycles. The lowest BCUT2D eigenvalue weighted by molar-refractivity contribution is 0.199. The van der Waals surface area contributed by atoms with Crippen LogP contribution in [-0.2, 0) is 17.7 Å². The highest BCUT2D eigenvalue weighted by Crippen LogP contribution is 2.13. The van der Waals surface area contributed by atoms with Gasteiger partial charge in [0.05, 0.1) is 12.3 Å². The van der Waals surface area contributed by atoms with E-state index < -0.39 is 0 Å². The minimum Gasteiger partial charge on any atom is -0.383 e. The van der Waals surface area contributed by atoms with E-state index in [9.17, 15) is 0 Å². The first-order chi connectivity index (χ1) is 10.2. The van der Waals surface area contributed by atoms with Crippen molar-refractivity contribution in [2.24, 2.45) is 0 Å². The summed E-state index contributed by atoms with van der Waals surface area (Å²) in [6.07, 6.45) is 0.688. The van der Waals surface area contributed by atoms with Crippen LogP contribution in [0.5, 0.6) is 0 Å². The Morgan fingerprint density at radius 3 is 2.86 bits per heavy atom. The number of rotatable bonds is 7. The zero-order valence-corrected chi connectivity index (χ0v) is 13.2. The van der Waals surface area contributed by atoms with E-state index in [4.69, 9.17) is 16.3 Å². The van der Waals surface area contributed by atoms with Crippen LogP contribution in [0.15, 0.2) is 30.3 Å². The van der Waals surface area contributed by atoms with Gasteiger partial charge in [-0.05, 0) is 30.7 Å². The van der Waals surface area contributed by atoms with E-state index in [-0.39, 0.29) is 0 Å². The molecular formula is C16H20ClN3O. The molecule has 1 aromatic heterocycles. The number of hydrogen-bond acceptors (Lipinski definition) is 4. The third kappa shape index (κ3) is 5.42. The second-order valence-corrected chi connectivity index (χ2v) is 5.33. The van der Waals surface area contributed by atoms with Gasteiger partial charge in [0.2, 0.25) is 0 Å². The SMILES string of the molecule is COCCNCc1cc(C)nc(Cc2cccc(Cl)c2)n1. The number of nitrogens with one attached hydrogen (secondary N) is 1. The number of hydrogen-bond donors (Lipinski definition) is 1. The van der Waals surface area contributed by atoms with Gasteiger partial charge in [0, 0.05) is 37.3 Å². The predicted molar refractivity (Wildman–Crippen MR) is 84.6 cm³/mol. The van der Waals surface area contributed by atoms with Crippen LogP contribution in [0.1, 0.15) is 22.8 Å². The number of methoxy groups -OCH3 is 1. The fourth-order valence-corrected chi connectivity index (χ4v) is 2.30. The first kappa shape index (κ1) is 15.9. The topological polar surface area (TPSA) is 47.0 Å². The maximum absolute atomic E-state index is 6.01. The number of benzene rings is 1. The first-order valence-corrected chi connectivity index (χ1v) is 7.32. The lowest BCUT2D eigenvalue weighted by atomic mass is 10.1. The molecule has 2 aromatic rings. The van der Waals surface area contributed by atoms with E-state index in [0.717, 1.165) is 40.9 Å². The largest absolute Gasteiger partial charge is 0.383 e. The molecule has 0 atom stereocenters. The quantitative estimate of drug-likeness (QED) is 0.799. The van der Waals surface area contributed by atoms with Gasteiger partial charge in [0.25, 0.3) is 0 Å². The van der Waals surface area contributed by atoms with Crippen molar-refractivity contribution in [2.45, 2.75) is 19.9 Å². The van der Waals surface area contributed by atoms with Gasteiger partial charge >= 0.3 is 0 Å². The van der Waals surface area contributed by atoms with E-state index in [1.54, 1.807) is 7.11 Å². The molecule has 2 rings (SSSR count). The van der Waals surface area contributed by atoms with Crippen molar-refractivity contribution in [1.82, 2.24) is 15.3 Å². The molecule has 5 heteroatoms. The standard InChI is InChI=1S/C16H20ClN3O/c1-12-8-15(11-18-6-7-21-2)20-16(19-12)10-13-4-3-5-14(17)9-13/h3-5,8-9,18H,6-7,10-11H2,1-2H3. The van der Waals surface area contributed by atoms with Crippen molar-refractivity contribution < 1.29 is 4.74 Å². The average Bonchev–Trinajstić information content (AvgIpc) is 2.43. The summed E-state index contributed by atoms with van der Waals surface area (Å²) in [5.41, 5.74) is 3.09. The molecule has 0 saturated carbocycles. The summed E-state index contributed by atoms with van der Waals surface area (Å²) in [6, 6.07) is 9.80. The minimum absolute atomic E-state index is 0.688. The van der Waals surface area contributed by atoms with E-state index in [0.29, 0.717) is 13.0 Å². The molecule has 0 amide bonds. The minimum atomic E-state index is 0.688. The highest BCUT2D eigenvalue weighted by Gasteiger charge is 2.04. The Kier molecular flexibility index (Phi) is 6.11. The molecule has 112 valence electrons. The maximum Gasteiger partial charge on any atom is 0.133 e. The molecule has 1 heterocycles. The molecule has 0 fully saturated rings. The average molecular weight is 306 g/mol. The normalized spacial score (nSPS) is 10.8. The molecule has 1 N–H and O–H groups in total. The van der Waals surface area contributed by atoms with Crippen LogP contribution in [0.4, 0.5) is 0 Å². The van der Waals surface area contributed by atoms with Crippen molar-refractivity contribution in [3.05, 3.63) is 58.1 Å². The molecular weight excluding hydrogens is 286 g/mol. The number of ether oxygens (including phenoxy) is 1. The van der Waals surface area contributed by atoms with Gasteiger partial charge in [-0.3, -0.25) is 0 Å². The second-order valence-electron chi connectivity index (χ2n) is 4.89. The third-order valence-corrected chi connectivity index (χ3v) is 3.23. The first-order valence-electron chi connectivity index (χ1n) is 6.95. The Morgan fingerprint density at radius 1 is 1.24 bits per heavy atom. The number of aryl methyl sites for hydroxylation is 1. The van der Waals surface area contributed by atoms with Gasteiger partial charge in [0.1, 0.15) is 5.82 Å². The molecule has 0 saturated heterocycles. The lowest BCUT2D eigenvalue weighted by Crippen LogP contribution is -2.20. The Morgan fingerprint density at radius 2 is 2.10 bits per heavy atom. The zero-order valence-electron chi connectivity index (χ0n) is 12.4. The number of halogens is 1. The summed E-state index contributed by atoms with van der Waals surface area (Å²) < 4.78 is 5.01. The van der Waals surface area contributed by atoms with E-state index in [2.05, 4.69) is 15.3 Å². The summed E-state index contributed by atoms with van der Waals surface area (Å²) in [7, 11) is 1.69. The highest BCUT2D eigenvalue weighted by molar-refractivity contribution is 6.30. The van der Waals surface area contributed by atoms with Crippen LogP contribution in [0, 0.1) is 6.92 Å². The predicted octanol–water partition coefficient (Wildman–Crippen LogP) is 2.77. The fourth-order valence-electron chi connectivity index (χ4n) is 2.09. The van der Waals surface area contributed by atoms with Gasteiger partial charge in [-0.25, -0.2) is 9.97 Å². The summed E-state index contributed by atoms with van der Waals surface area (Å²) in [4.78, 5) is 9.10. The smallest absolute Gasteiger partial charge is 0.133 e. The van der Waals surface area contributed by atoms with Gasteiger partial charge in [0.15, 0.2) is 0 Å². The Bertz CT molecular complexity index is 589. The van der Waals surface area contributed by atoms with E-state index in [1.807, 2.05) is 37.3 Å². The molecule has 0 aliphatic heterocycles. The summed E-state index contributed by atoms with van der Waals surface area (Å²) in [5.74, 6) is 0.820. The summed E-state index contributed by atoms with van der Waals surface area (Å²) >= 11 is 6.01. The van der Waals surface area contributed by atoms with Crippen molar-refractivity contribution in [1.29, 1.82) is 0 Å². The van der Waals surface area contributed by atoms with Gasteiger partial charge in [-0.1, -0.05) is 23.7 Å². The van der Waals surface area contributed by atoms with E-state index in [1.165, 1.54) is 0 Å². The molecule has 4 nitrogen and oxygen atoms in total. The maximum atomic E-state index is 6.01. The molecule has 0 aliphatic rings. The van der Waals surface area contributed by atoms with Crippen molar-refractivity contribution >= 4 is 11.6 Å². The molecule has 0 radical (unpaired) electrons. The molecule has 0 spiro atoms. The van der Waals surface area contributed by atoms with Crippen LogP contribution in [0.25, 0.3) is 0 Å². The third-order valence-electron chi connectivity index (χ3n) is 2.99. The van der Waals surface area contributed by atoms with Crippen molar-refractivity contribution in [3.8, 4) is 0 Å². The highest BCUT2D eigenvalue weighted by atomic mass is 35.5. The van der Waals surface area contributed by atoms with Crippen molar-refractivity contribution in [2.75, 3.05) is 20.3 Å². The van der Waals surface area contributed by atoms with Gasteiger partial charge in [-0.15, -0.1) is 0 Å². The van der Waals surface area contributed by atoms with Crippen molar-refractivity contribution in [3.63, 3.8) is 0 Å². The van der Waals surface area contributed by atoms with Crippen LogP contribution < -0.4 is 5.32 Å². The molecule has 0 bridgehead atoms. The zero-order chi connectivity index (χ0) is 15.1. The Labute approximate surface area is 130 Å². The molecule has 21 heavy (non-hydrogen) atoms. The summed E-state index contributed by atoms with van der Waals surface area (Å²) in [6.45, 7) is 4.21. The molecule has 0 unspecified atom stereocenters.